The third-order valence-electron chi connectivity index (χ3n) is 8.34. The molecule has 0 atom stereocenters. The molecule has 4 fully saturated rings. The SMILES string of the molecule is COc1cc(-c2cc(C(=O)NC34CC5CC(CC(C5)C3)C4)c3ccccc3n2)cc(OC)c1OC. The van der Waals surface area contributed by atoms with Gasteiger partial charge in [-0.25, -0.2) is 4.98 Å². The van der Waals surface area contributed by atoms with E-state index < -0.39 is 0 Å². The molecule has 1 heterocycles. The Morgan fingerprint density at radius 1 is 0.886 bits per heavy atom. The van der Waals surface area contributed by atoms with Gasteiger partial charge in [-0.15, -0.1) is 0 Å². The number of carbonyl (C=O) groups is 1. The van der Waals surface area contributed by atoms with E-state index >= 15 is 0 Å². The fourth-order valence-electron chi connectivity index (χ4n) is 7.31. The zero-order valence-corrected chi connectivity index (χ0v) is 20.6. The summed E-state index contributed by atoms with van der Waals surface area (Å²) in [6, 6.07) is 13.5. The van der Waals surface area contributed by atoms with Crippen molar-refractivity contribution in [2.45, 2.75) is 44.1 Å². The first kappa shape index (κ1) is 22.2. The van der Waals surface area contributed by atoms with Crippen molar-refractivity contribution in [3.63, 3.8) is 0 Å². The van der Waals surface area contributed by atoms with Gasteiger partial charge in [-0.1, -0.05) is 18.2 Å². The molecule has 35 heavy (non-hydrogen) atoms. The number of hydrogen-bond acceptors (Lipinski definition) is 5. The first-order valence-corrected chi connectivity index (χ1v) is 12.5. The van der Waals surface area contributed by atoms with Crippen LogP contribution in [0.15, 0.2) is 42.5 Å². The van der Waals surface area contributed by atoms with Gasteiger partial charge in [-0.05, 0) is 80.5 Å². The summed E-state index contributed by atoms with van der Waals surface area (Å²) >= 11 is 0. The second kappa shape index (κ2) is 8.43. The molecular formula is C29H32N2O4. The number of nitrogens with one attached hydrogen (secondary N) is 1. The molecule has 4 aliphatic carbocycles. The molecule has 0 radical (unpaired) electrons. The van der Waals surface area contributed by atoms with E-state index in [9.17, 15) is 4.79 Å². The first-order chi connectivity index (χ1) is 17.0. The van der Waals surface area contributed by atoms with E-state index in [4.69, 9.17) is 19.2 Å². The van der Waals surface area contributed by atoms with Crippen LogP contribution in [0.25, 0.3) is 22.2 Å². The van der Waals surface area contributed by atoms with Crippen molar-refractivity contribution in [2.75, 3.05) is 21.3 Å². The quantitative estimate of drug-likeness (QED) is 0.504. The van der Waals surface area contributed by atoms with Crippen molar-refractivity contribution in [3.05, 3.63) is 48.0 Å². The lowest BCUT2D eigenvalue weighted by Crippen LogP contribution is -2.59. The van der Waals surface area contributed by atoms with Crippen molar-refractivity contribution in [3.8, 4) is 28.5 Å². The Morgan fingerprint density at radius 3 is 2.06 bits per heavy atom. The van der Waals surface area contributed by atoms with E-state index in [0.29, 0.717) is 28.5 Å². The molecule has 0 aliphatic heterocycles. The summed E-state index contributed by atoms with van der Waals surface area (Å²) in [5.41, 5.74) is 2.89. The summed E-state index contributed by atoms with van der Waals surface area (Å²) in [5.74, 6) is 3.94. The van der Waals surface area contributed by atoms with E-state index in [1.807, 2.05) is 42.5 Å². The standard InChI is InChI=1S/C29H32N2O4/c1-33-25-11-20(12-26(34-2)27(25)35-3)24-13-22(21-6-4-5-7-23(21)30-24)28(32)31-29-14-17-8-18(15-29)10-19(9-17)16-29/h4-7,11-13,17-19H,8-10,14-16H2,1-3H3,(H,31,32). The van der Waals surface area contributed by atoms with Crippen LogP contribution in [0, 0.1) is 17.8 Å². The lowest BCUT2D eigenvalue weighted by atomic mass is 9.53. The number of carbonyl (C=O) groups excluding carboxylic acids is 1. The highest BCUT2D eigenvalue weighted by Crippen LogP contribution is 2.55. The van der Waals surface area contributed by atoms with Gasteiger partial charge in [0.2, 0.25) is 5.75 Å². The Labute approximate surface area is 206 Å². The van der Waals surface area contributed by atoms with E-state index in [0.717, 1.165) is 53.5 Å². The maximum absolute atomic E-state index is 13.9. The van der Waals surface area contributed by atoms with Gasteiger partial charge < -0.3 is 19.5 Å². The number of amides is 1. The third-order valence-corrected chi connectivity index (χ3v) is 8.34. The van der Waals surface area contributed by atoms with Crippen LogP contribution >= 0.6 is 0 Å². The van der Waals surface area contributed by atoms with Crippen molar-refractivity contribution in [2.24, 2.45) is 17.8 Å². The molecule has 3 aromatic rings. The van der Waals surface area contributed by atoms with Gasteiger partial charge in [0.1, 0.15) is 0 Å². The van der Waals surface area contributed by atoms with Crippen LogP contribution in [-0.4, -0.2) is 37.8 Å². The molecule has 1 N–H and O–H groups in total. The van der Waals surface area contributed by atoms with E-state index in [-0.39, 0.29) is 11.4 Å². The number of fused-ring (bicyclic) bond motifs is 1. The predicted molar refractivity (Wildman–Crippen MR) is 135 cm³/mol. The second-order valence-corrected chi connectivity index (χ2v) is 10.6. The first-order valence-electron chi connectivity index (χ1n) is 12.5. The second-order valence-electron chi connectivity index (χ2n) is 10.6. The molecule has 4 saturated carbocycles. The van der Waals surface area contributed by atoms with E-state index in [1.165, 1.54) is 19.3 Å². The molecule has 1 aromatic heterocycles. The summed E-state index contributed by atoms with van der Waals surface area (Å²) in [6.07, 6.45) is 7.39. The third kappa shape index (κ3) is 3.79. The Balaban J connectivity index is 1.42. The molecule has 4 bridgehead atoms. The zero-order valence-electron chi connectivity index (χ0n) is 20.6. The van der Waals surface area contributed by atoms with Crippen LogP contribution in [0.5, 0.6) is 17.2 Å². The zero-order chi connectivity index (χ0) is 24.2. The number of hydrogen-bond donors (Lipinski definition) is 1. The summed E-state index contributed by atoms with van der Waals surface area (Å²) < 4.78 is 16.6. The summed E-state index contributed by atoms with van der Waals surface area (Å²) in [6.45, 7) is 0. The van der Waals surface area contributed by atoms with Gasteiger partial charge >= 0.3 is 0 Å². The highest BCUT2D eigenvalue weighted by molar-refractivity contribution is 6.07. The maximum Gasteiger partial charge on any atom is 0.252 e. The minimum absolute atomic E-state index is 0.000702. The normalized spacial score (nSPS) is 26.5. The molecule has 7 rings (SSSR count). The average Bonchev–Trinajstić information content (AvgIpc) is 2.85. The minimum Gasteiger partial charge on any atom is -0.493 e. The fourth-order valence-corrected chi connectivity index (χ4v) is 7.31. The van der Waals surface area contributed by atoms with Crippen molar-refractivity contribution in [1.29, 1.82) is 0 Å². The number of nitrogens with zero attached hydrogens (tertiary/aromatic N) is 1. The Morgan fingerprint density at radius 2 is 1.49 bits per heavy atom. The predicted octanol–water partition coefficient (Wildman–Crippen LogP) is 5.63. The molecular weight excluding hydrogens is 440 g/mol. The number of rotatable bonds is 6. The molecule has 2 aromatic carbocycles. The monoisotopic (exact) mass is 472 g/mol. The molecule has 0 spiro atoms. The van der Waals surface area contributed by atoms with Gasteiger partial charge in [0.05, 0.1) is 38.1 Å². The summed E-state index contributed by atoms with van der Waals surface area (Å²) in [7, 11) is 4.78. The molecule has 6 nitrogen and oxygen atoms in total. The van der Waals surface area contributed by atoms with Crippen LogP contribution in [0.1, 0.15) is 48.9 Å². The highest BCUT2D eigenvalue weighted by atomic mass is 16.5. The minimum atomic E-state index is -0.0527. The summed E-state index contributed by atoms with van der Waals surface area (Å²) in [5, 5.41) is 4.41. The van der Waals surface area contributed by atoms with Crippen LogP contribution < -0.4 is 19.5 Å². The maximum atomic E-state index is 13.9. The highest BCUT2D eigenvalue weighted by Gasteiger charge is 2.51. The lowest BCUT2D eigenvalue weighted by molar-refractivity contribution is -0.0166. The molecule has 1 amide bonds. The van der Waals surface area contributed by atoms with Gasteiger partial charge in [0.15, 0.2) is 11.5 Å². The lowest BCUT2D eigenvalue weighted by Gasteiger charge is -2.56. The number of aromatic nitrogens is 1. The number of benzene rings is 2. The molecule has 6 heteroatoms. The van der Waals surface area contributed by atoms with Crippen LogP contribution in [0.3, 0.4) is 0 Å². The molecule has 0 unspecified atom stereocenters. The number of ether oxygens (including phenoxy) is 3. The van der Waals surface area contributed by atoms with Crippen LogP contribution in [0.2, 0.25) is 0 Å². The van der Waals surface area contributed by atoms with Gasteiger partial charge in [-0.3, -0.25) is 4.79 Å². The Bertz CT molecular complexity index is 1240. The van der Waals surface area contributed by atoms with Crippen molar-refractivity contribution < 1.29 is 19.0 Å². The molecule has 0 saturated heterocycles. The Kier molecular flexibility index (Phi) is 5.35. The number of para-hydroxylation sites is 1. The number of pyridine rings is 1. The van der Waals surface area contributed by atoms with Crippen molar-refractivity contribution >= 4 is 16.8 Å². The van der Waals surface area contributed by atoms with Gasteiger partial charge in [0, 0.05) is 16.5 Å². The van der Waals surface area contributed by atoms with Crippen LogP contribution in [0.4, 0.5) is 0 Å². The smallest absolute Gasteiger partial charge is 0.252 e. The van der Waals surface area contributed by atoms with E-state index in [2.05, 4.69) is 5.32 Å². The van der Waals surface area contributed by atoms with Gasteiger partial charge in [0.25, 0.3) is 5.91 Å². The summed E-state index contributed by atoms with van der Waals surface area (Å²) in [4.78, 5) is 18.8. The van der Waals surface area contributed by atoms with Gasteiger partial charge in [-0.2, -0.15) is 0 Å². The fraction of sp³-hybridized carbons (Fsp3) is 0.448. The molecule has 182 valence electrons. The van der Waals surface area contributed by atoms with E-state index in [1.54, 1.807) is 21.3 Å². The van der Waals surface area contributed by atoms with Crippen LogP contribution in [-0.2, 0) is 0 Å². The van der Waals surface area contributed by atoms with Crippen molar-refractivity contribution in [1.82, 2.24) is 10.3 Å². The molecule has 4 aliphatic rings. The largest absolute Gasteiger partial charge is 0.493 e. The number of methoxy groups -OCH3 is 3. The average molecular weight is 473 g/mol. The Hall–Kier alpha value is -3.28. The topological polar surface area (TPSA) is 69.7 Å².